The van der Waals surface area contributed by atoms with E-state index >= 15 is 0 Å². The summed E-state index contributed by atoms with van der Waals surface area (Å²) in [4.78, 5) is 0. The molecule has 0 aromatic heterocycles. The van der Waals surface area contributed by atoms with Crippen molar-refractivity contribution in [2.45, 2.75) is 12.0 Å². The van der Waals surface area contributed by atoms with Crippen LogP contribution in [0.15, 0.2) is 24.3 Å². The minimum atomic E-state index is -0.232. The molecule has 1 saturated heterocycles. The molecule has 13 heavy (non-hydrogen) atoms. The summed E-state index contributed by atoms with van der Waals surface area (Å²) in [7, 11) is 0. The first-order valence-electron chi connectivity index (χ1n) is 4.37. The first-order chi connectivity index (χ1) is 6.27. The molecule has 3 heteroatoms. The van der Waals surface area contributed by atoms with Crippen molar-refractivity contribution >= 4 is 11.6 Å². The third-order valence-corrected chi connectivity index (χ3v) is 2.84. The van der Waals surface area contributed by atoms with E-state index in [0.717, 1.165) is 23.6 Å². The SMILES string of the molecule is NCC1(c2ccc(Cl)cc2)CCO1. The van der Waals surface area contributed by atoms with E-state index in [1.54, 1.807) is 0 Å². The zero-order valence-electron chi connectivity index (χ0n) is 7.29. The fourth-order valence-corrected chi connectivity index (χ4v) is 1.73. The molecule has 1 unspecified atom stereocenters. The van der Waals surface area contributed by atoms with Crippen LogP contribution in [0.1, 0.15) is 12.0 Å². The van der Waals surface area contributed by atoms with Crippen molar-refractivity contribution in [3.8, 4) is 0 Å². The number of nitrogens with two attached hydrogens (primary N) is 1. The third kappa shape index (κ3) is 1.46. The van der Waals surface area contributed by atoms with Crippen molar-refractivity contribution in [1.82, 2.24) is 0 Å². The molecule has 1 aliphatic rings. The van der Waals surface area contributed by atoms with Gasteiger partial charge in [-0.15, -0.1) is 0 Å². The summed E-state index contributed by atoms with van der Waals surface area (Å²) < 4.78 is 5.53. The maximum atomic E-state index is 5.79. The monoisotopic (exact) mass is 197 g/mol. The van der Waals surface area contributed by atoms with Gasteiger partial charge in [0.25, 0.3) is 0 Å². The van der Waals surface area contributed by atoms with Crippen LogP contribution in [0.3, 0.4) is 0 Å². The summed E-state index contributed by atoms with van der Waals surface area (Å²) in [6.45, 7) is 1.34. The average Bonchev–Trinajstić information content (AvgIpc) is 2.07. The van der Waals surface area contributed by atoms with Gasteiger partial charge in [-0.25, -0.2) is 0 Å². The van der Waals surface area contributed by atoms with E-state index in [1.165, 1.54) is 0 Å². The van der Waals surface area contributed by atoms with Gasteiger partial charge in [-0.3, -0.25) is 0 Å². The van der Waals surface area contributed by atoms with Gasteiger partial charge in [-0.2, -0.15) is 0 Å². The molecule has 2 rings (SSSR count). The first-order valence-corrected chi connectivity index (χ1v) is 4.75. The Hall–Kier alpha value is -0.570. The highest BCUT2D eigenvalue weighted by atomic mass is 35.5. The number of benzene rings is 1. The second kappa shape index (κ2) is 3.29. The Morgan fingerprint density at radius 3 is 2.38 bits per heavy atom. The molecule has 2 N–H and O–H groups in total. The quantitative estimate of drug-likeness (QED) is 0.786. The predicted octanol–water partition coefficient (Wildman–Crippen LogP) is 1.91. The Bertz CT molecular complexity index is 287. The summed E-state index contributed by atoms with van der Waals surface area (Å²) in [5.74, 6) is 0. The largest absolute Gasteiger partial charge is 0.369 e. The van der Waals surface area contributed by atoms with Gasteiger partial charge in [-0.1, -0.05) is 23.7 Å². The van der Waals surface area contributed by atoms with E-state index < -0.39 is 0 Å². The van der Waals surface area contributed by atoms with Gasteiger partial charge in [0.15, 0.2) is 0 Å². The van der Waals surface area contributed by atoms with Gasteiger partial charge in [0.2, 0.25) is 0 Å². The van der Waals surface area contributed by atoms with Crippen LogP contribution in [-0.4, -0.2) is 13.2 Å². The fourth-order valence-electron chi connectivity index (χ4n) is 1.61. The zero-order chi connectivity index (χ0) is 9.31. The van der Waals surface area contributed by atoms with Crippen molar-refractivity contribution in [3.05, 3.63) is 34.9 Å². The predicted molar refractivity (Wildman–Crippen MR) is 52.8 cm³/mol. The molecule has 0 amide bonds. The molecule has 1 atom stereocenters. The maximum Gasteiger partial charge on any atom is 0.107 e. The number of ether oxygens (including phenoxy) is 1. The van der Waals surface area contributed by atoms with Crippen molar-refractivity contribution in [1.29, 1.82) is 0 Å². The maximum absolute atomic E-state index is 5.79. The second-order valence-corrected chi connectivity index (χ2v) is 3.74. The lowest BCUT2D eigenvalue weighted by atomic mass is 9.87. The van der Waals surface area contributed by atoms with Crippen LogP contribution in [0.5, 0.6) is 0 Å². The first kappa shape index (κ1) is 9.00. The molecule has 1 fully saturated rings. The summed E-state index contributed by atoms with van der Waals surface area (Å²) in [6, 6.07) is 7.70. The van der Waals surface area contributed by atoms with E-state index in [9.17, 15) is 0 Å². The van der Waals surface area contributed by atoms with Gasteiger partial charge < -0.3 is 10.5 Å². The normalized spacial score (nSPS) is 26.9. The molecule has 0 saturated carbocycles. The lowest BCUT2D eigenvalue weighted by Crippen LogP contribution is -2.46. The van der Waals surface area contributed by atoms with Gasteiger partial charge in [-0.05, 0) is 17.7 Å². The highest BCUT2D eigenvalue weighted by Gasteiger charge is 2.38. The van der Waals surface area contributed by atoms with Crippen molar-refractivity contribution < 1.29 is 4.74 Å². The van der Waals surface area contributed by atoms with E-state index in [-0.39, 0.29) is 5.60 Å². The molecule has 1 aromatic rings. The van der Waals surface area contributed by atoms with Crippen LogP contribution < -0.4 is 5.73 Å². The van der Waals surface area contributed by atoms with Crippen molar-refractivity contribution in [2.75, 3.05) is 13.2 Å². The molecule has 70 valence electrons. The Morgan fingerprint density at radius 2 is 2.00 bits per heavy atom. The van der Waals surface area contributed by atoms with Crippen molar-refractivity contribution in [3.63, 3.8) is 0 Å². The second-order valence-electron chi connectivity index (χ2n) is 3.30. The number of hydrogen-bond acceptors (Lipinski definition) is 2. The molecule has 2 nitrogen and oxygen atoms in total. The minimum absolute atomic E-state index is 0.232. The molecule has 0 bridgehead atoms. The molecule has 0 radical (unpaired) electrons. The van der Waals surface area contributed by atoms with Crippen LogP contribution in [0.2, 0.25) is 5.02 Å². The topological polar surface area (TPSA) is 35.2 Å². The Morgan fingerprint density at radius 1 is 1.38 bits per heavy atom. The summed E-state index contributed by atoms with van der Waals surface area (Å²) >= 11 is 5.79. The minimum Gasteiger partial charge on any atom is -0.369 e. The molecule has 0 spiro atoms. The highest BCUT2D eigenvalue weighted by Crippen LogP contribution is 2.36. The lowest BCUT2D eigenvalue weighted by molar-refractivity contribution is -0.146. The molecule has 1 heterocycles. The summed E-state index contributed by atoms with van der Waals surface area (Å²) in [5.41, 5.74) is 6.58. The van der Waals surface area contributed by atoms with Gasteiger partial charge in [0.05, 0.1) is 6.61 Å². The Balaban J connectivity index is 2.28. The zero-order valence-corrected chi connectivity index (χ0v) is 8.05. The van der Waals surface area contributed by atoms with Crippen LogP contribution in [0.4, 0.5) is 0 Å². The standard InChI is InChI=1S/C10H12ClNO/c11-9-3-1-8(2-4-9)10(7-12)5-6-13-10/h1-4H,5-7,12H2. The van der Waals surface area contributed by atoms with Crippen LogP contribution in [0, 0.1) is 0 Å². The van der Waals surface area contributed by atoms with Crippen molar-refractivity contribution in [2.24, 2.45) is 5.73 Å². The van der Waals surface area contributed by atoms with Gasteiger partial charge >= 0.3 is 0 Å². The summed E-state index contributed by atoms with van der Waals surface area (Å²) in [5, 5.41) is 0.746. The van der Waals surface area contributed by atoms with Gasteiger partial charge in [0, 0.05) is 18.0 Å². The number of rotatable bonds is 2. The molecule has 1 aliphatic heterocycles. The highest BCUT2D eigenvalue weighted by molar-refractivity contribution is 6.30. The van der Waals surface area contributed by atoms with E-state index in [1.807, 2.05) is 24.3 Å². The van der Waals surface area contributed by atoms with Gasteiger partial charge in [0.1, 0.15) is 5.60 Å². The van der Waals surface area contributed by atoms with Crippen LogP contribution in [0.25, 0.3) is 0 Å². The van der Waals surface area contributed by atoms with E-state index in [0.29, 0.717) is 6.54 Å². The summed E-state index contributed by atoms with van der Waals surface area (Å²) in [6.07, 6.45) is 1.01. The van der Waals surface area contributed by atoms with Crippen LogP contribution >= 0.6 is 11.6 Å². The molecule has 1 aromatic carbocycles. The fraction of sp³-hybridized carbons (Fsp3) is 0.400. The number of halogens is 1. The van der Waals surface area contributed by atoms with Crippen LogP contribution in [-0.2, 0) is 10.3 Å². The van der Waals surface area contributed by atoms with E-state index in [2.05, 4.69) is 0 Å². The smallest absolute Gasteiger partial charge is 0.107 e. The lowest BCUT2D eigenvalue weighted by Gasteiger charge is -2.41. The Kier molecular flexibility index (Phi) is 2.28. The number of hydrogen-bond donors (Lipinski definition) is 1. The molecular weight excluding hydrogens is 186 g/mol. The third-order valence-electron chi connectivity index (χ3n) is 2.58. The van der Waals surface area contributed by atoms with E-state index in [4.69, 9.17) is 22.1 Å². The average molecular weight is 198 g/mol. The Labute approximate surface area is 82.6 Å². The molecular formula is C10H12ClNO. The molecule has 0 aliphatic carbocycles.